The van der Waals surface area contributed by atoms with Crippen LogP contribution in [0, 0.1) is 13.8 Å². The van der Waals surface area contributed by atoms with Crippen LogP contribution >= 0.6 is 0 Å². The summed E-state index contributed by atoms with van der Waals surface area (Å²) in [4.78, 5) is 58.7. The van der Waals surface area contributed by atoms with Gasteiger partial charge in [0, 0.05) is 40.1 Å². The molecule has 2 N–H and O–H groups in total. The van der Waals surface area contributed by atoms with Crippen LogP contribution in [0.4, 0.5) is 0 Å². The number of aromatic nitrogens is 2. The number of carbonyl (C=O) groups excluding carboxylic acids is 4. The lowest BCUT2D eigenvalue weighted by molar-refractivity contribution is 0.0585. The zero-order chi connectivity index (χ0) is 29.8. The molecule has 212 valence electrons. The minimum Gasteiger partial charge on any atom is -0.497 e. The van der Waals surface area contributed by atoms with Crippen LogP contribution in [0.25, 0.3) is 0 Å². The number of methoxy groups -OCH3 is 4. The van der Waals surface area contributed by atoms with E-state index in [0.29, 0.717) is 45.1 Å². The van der Waals surface area contributed by atoms with Gasteiger partial charge < -0.3 is 28.9 Å². The van der Waals surface area contributed by atoms with Crippen molar-refractivity contribution in [2.75, 3.05) is 28.4 Å². The molecule has 0 saturated carbocycles. The summed E-state index contributed by atoms with van der Waals surface area (Å²) in [5.41, 5.74) is 3.00. The predicted molar refractivity (Wildman–Crippen MR) is 149 cm³/mol. The van der Waals surface area contributed by atoms with Crippen molar-refractivity contribution in [1.82, 2.24) is 9.97 Å². The molecule has 0 bridgehead atoms. The zero-order valence-corrected chi connectivity index (χ0v) is 23.6. The van der Waals surface area contributed by atoms with Gasteiger partial charge in [0.15, 0.2) is 11.6 Å². The molecule has 10 nitrogen and oxygen atoms in total. The molecule has 0 spiro atoms. The maximum atomic E-state index is 13.8. The summed E-state index contributed by atoms with van der Waals surface area (Å²) in [6.45, 7) is 3.29. The molecule has 0 fully saturated rings. The number of hydrogen-bond donors (Lipinski definition) is 2. The lowest BCUT2D eigenvalue weighted by Gasteiger charge is -2.09. The third kappa shape index (κ3) is 5.49. The Bertz CT molecular complexity index is 1500. The summed E-state index contributed by atoms with van der Waals surface area (Å²) >= 11 is 0. The molecule has 0 aliphatic rings. The number of carbonyl (C=O) groups is 4. The molecular formula is C31H30N2O8. The lowest BCUT2D eigenvalue weighted by atomic mass is 9.94. The van der Waals surface area contributed by atoms with Crippen molar-refractivity contribution in [3.8, 4) is 11.5 Å². The first-order valence-corrected chi connectivity index (χ1v) is 12.6. The van der Waals surface area contributed by atoms with Gasteiger partial charge in [-0.25, -0.2) is 9.59 Å². The molecule has 0 aliphatic carbocycles. The van der Waals surface area contributed by atoms with E-state index in [2.05, 4.69) is 9.97 Å². The number of ether oxygens (including phenoxy) is 4. The summed E-state index contributed by atoms with van der Waals surface area (Å²) in [5.74, 6) is -0.810. The number of ketones is 2. The van der Waals surface area contributed by atoms with Gasteiger partial charge in [-0.1, -0.05) is 0 Å². The van der Waals surface area contributed by atoms with E-state index in [4.69, 9.17) is 18.9 Å². The maximum Gasteiger partial charge on any atom is 0.354 e. The topological polar surface area (TPSA) is 137 Å². The Kier molecular flexibility index (Phi) is 8.42. The van der Waals surface area contributed by atoms with E-state index in [0.717, 1.165) is 0 Å². The average Bonchev–Trinajstić information content (AvgIpc) is 3.50. The second-order valence-electron chi connectivity index (χ2n) is 9.23. The monoisotopic (exact) mass is 558 g/mol. The Balaban J connectivity index is 1.87. The van der Waals surface area contributed by atoms with Gasteiger partial charge in [-0.3, -0.25) is 9.59 Å². The van der Waals surface area contributed by atoms with Crippen LogP contribution in [0.3, 0.4) is 0 Å². The van der Waals surface area contributed by atoms with Crippen molar-refractivity contribution in [1.29, 1.82) is 0 Å². The fourth-order valence-electron chi connectivity index (χ4n) is 4.76. The van der Waals surface area contributed by atoms with E-state index in [1.807, 2.05) is 0 Å². The van der Waals surface area contributed by atoms with E-state index >= 15 is 0 Å². The first-order valence-electron chi connectivity index (χ1n) is 12.6. The minimum absolute atomic E-state index is 0.00980. The van der Waals surface area contributed by atoms with E-state index in [1.54, 1.807) is 62.4 Å². The van der Waals surface area contributed by atoms with Crippen molar-refractivity contribution >= 4 is 23.5 Å². The van der Waals surface area contributed by atoms with Crippen molar-refractivity contribution in [2.45, 2.75) is 20.3 Å². The SMILES string of the molecule is COC(=O)c1[nH]c(Cc2[nH]c(C(=O)OC)c(C)c2C(=O)c2ccc(OC)cc2)c(C(=O)c2ccc(OC)cc2)c1C. The van der Waals surface area contributed by atoms with Gasteiger partial charge in [0.05, 0.1) is 28.4 Å². The molecular weight excluding hydrogens is 528 g/mol. The van der Waals surface area contributed by atoms with Crippen LogP contribution in [0.1, 0.15) is 75.3 Å². The molecule has 0 atom stereocenters. The summed E-state index contributed by atoms with van der Waals surface area (Å²) in [6, 6.07) is 13.2. The summed E-state index contributed by atoms with van der Waals surface area (Å²) in [7, 11) is 5.55. The first-order chi connectivity index (χ1) is 19.6. The van der Waals surface area contributed by atoms with Crippen LogP contribution in [0.15, 0.2) is 48.5 Å². The van der Waals surface area contributed by atoms with Gasteiger partial charge in [-0.2, -0.15) is 0 Å². The van der Waals surface area contributed by atoms with Crippen molar-refractivity contribution in [2.24, 2.45) is 0 Å². The van der Waals surface area contributed by atoms with Gasteiger partial charge in [-0.15, -0.1) is 0 Å². The third-order valence-electron chi connectivity index (χ3n) is 6.95. The van der Waals surface area contributed by atoms with Gasteiger partial charge in [0.2, 0.25) is 0 Å². The molecule has 2 aromatic carbocycles. The Morgan fingerprint density at radius 3 is 1.22 bits per heavy atom. The Labute approximate surface area is 236 Å². The van der Waals surface area contributed by atoms with E-state index in [1.165, 1.54) is 28.4 Å². The summed E-state index contributed by atoms with van der Waals surface area (Å²) in [5, 5.41) is 0. The molecule has 0 aliphatic heterocycles. The molecule has 4 rings (SSSR count). The van der Waals surface area contributed by atoms with Crippen LogP contribution in [-0.4, -0.2) is 61.9 Å². The molecule has 2 aromatic heterocycles. The lowest BCUT2D eigenvalue weighted by Crippen LogP contribution is -2.09. The molecule has 0 saturated heterocycles. The molecule has 0 unspecified atom stereocenters. The third-order valence-corrected chi connectivity index (χ3v) is 6.95. The van der Waals surface area contributed by atoms with E-state index < -0.39 is 11.9 Å². The highest BCUT2D eigenvalue weighted by atomic mass is 16.5. The number of benzene rings is 2. The van der Waals surface area contributed by atoms with Gasteiger partial charge in [0.25, 0.3) is 0 Å². The number of hydrogen-bond acceptors (Lipinski definition) is 8. The highest BCUT2D eigenvalue weighted by Gasteiger charge is 2.29. The second-order valence-corrected chi connectivity index (χ2v) is 9.23. The summed E-state index contributed by atoms with van der Waals surface area (Å²) in [6.07, 6.45) is -0.00980. The highest BCUT2D eigenvalue weighted by Crippen LogP contribution is 2.30. The molecule has 4 aromatic rings. The Hall–Kier alpha value is -5.12. The smallest absolute Gasteiger partial charge is 0.354 e. The second kappa shape index (κ2) is 12.0. The van der Waals surface area contributed by atoms with E-state index in [-0.39, 0.29) is 40.5 Å². The highest BCUT2D eigenvalue weighted by molar-refractivity contribution is 6.13. The largest absolute Gasteiger partial charge is 0.497 e. The first kappa shape index (κ1) is 28.9. The number of H-pyrrole nitrogens is 2. The van der Waals surface area contributed by atoms with Crippen LogP contribution in [0.2, 0.25) is 0 Å². The van der Waals surface area contributed by atoms with Gasteiger partial charge >= 0.3 is 11.9 Å². The quantitative estimate of drug-likeness (QED) is 0.213. The van der Waals surface area contributed by atoms with E-state index in [9.17, 15) is 19.2 Å². The number of esters is 2. The number of rotatable bonds is 10. The van der Waals surface area contributed by atoms with Crippen LogP contribution in [0.5, 0.6) is 11.5 Å². The molecule has 0 amide bonds. The van der Waals surface area contributed by atoms with Crippen molar-refractivity contribution < 1.29 is 38.1 Å². The molecule has 0 radical (unpaired) electrons. The molecule has 2 heterocycles. The fraction of sp³-hybridized carbons (Fsp3) is 0.226. The zero-order valence-electron chi connectivity index (χ0n) is 23.6. The number of aromatic amines is 2. The van der Waals surface area contributed by atoms with Crippen molar-refractivity contribution in [3.63, 3.8) is 0 Å². The van der Waals surface area contributed by atoms with Crippen molar-refractivity contribution in [3.05, 3.63) is 105 Å². The fourth-order valence-corrected chi connectivity index (χ4v) is 4.76. The van der Waals surface area contributed by atoms with Gasteiger partial charge in [-0.05, 0) is 73.5 Å². The predicted octanol–water partition coefficient (Wildman–Crippen LogP) is 4.60. The van der Waals surface area contributed by atoms with Crippen LogP contribution < -0.4 is 9.47 Å². The Morgan fingerprint density at radius 1 is 0.585 bits per heavy atom. The number of nitrogens with one attached hydrogen (secondary N) is 2. The van der Waals surface area contributed by atoms with Gasteiger partial charge in [0.1, 0.15) is 22.9 Å². The standard InChI is InChI=1S/C31H30N2O8/c1-16-24(28(34)18-7-11-20(38-3)12-8-18)22(32-26(16)30(36)40-5)15-23-25(17(2)27(33-23)31(37)41-6)29(35)19-9-13-21(39-4)14-10-19/h7-14,32-33H,15H2,1-6H3. The summed E-state index contributed by atoms with van der Waals surface area (Å²) < 4.78 is 20.3. The molecule has 10 heteroatoms. The average molecular weight is 559 g/mol. The van der Waals surface area contributed by atoms with Crippen LogP contribution in [-0.2, 0) is 15.9 Å². The Morgan fingerprint density at radius 2 is 0.927 bits per heavy atom. The normalized spacial score (nSPS) is 10.7. The minimum atomic E-state index is -0.648. The maximum absolute atomic E-state index is 13.8. The molecule has 41 heavy (non-hydrogen) atoms.